The first-order valence-corrected chi connectivity index (χ1v) is 7.32. The molecule has 0 saturated heterocycles. The van der Waals surface area contributed by atoms with Crippen LogP contribution in [0.1, 0.15) is 30.1 Å². The second-order valence-electron chi connectivity index (χ2n) is 5.63. The first kappa shape index (κ1) is 13.1. The largest absolute Gasteiger partial charge is 0.494 e. The van der Waals surface area contributed by atoms with Crippen molar-refractivity contribution in [2.24, 2.45) is 0 Å². The number of rotatable bonds is 4. The van der Waals surface area contributed by atoms with Gasteiger partial charge in [-0.15, -0.1) is 0 Å². The van der Waals surface area contributed by atoms with Crippen LogP contribution in [0.25, 0.3) is 10.9 Å². The number of nitrogens with one attached hydrogen (secondary N) is 1. The summed E-state index contributed by atoms with van der Waals surface area (Å²) in [7, 11) is 1.58. The fourth-order valence-corrected chi connectivity index (χ4v) is 2.67. The van der Waals surface area contributed by atoms with E-state index < -0.39 is 0 Å². The van der Waals surface area contributed by atoms with Gasteiger partial charge < -0.3 is 4.74 Å². The van der Waals surface area contributed by atoms with E-state index in [0.29, 0.717) is 29.1 Å². The molecule has 112 valence electrons. The molecule has 1 aromatic carbocycles. The number of nitrogens with zero attached hydrogens (tertiary/aromatic N) is 3. The van der Waals surface area contributed by atoms with Crippen LogP contribution in [0.2, 0.25) is 0 Å². The van der Waals surface area contributed by atoms with Crippen LogP contribution in [0.15, 0.2) is 35.4 Å². The molecular formula is C16H16N4O2. The smallest absolute Gasteiger partial charge is 0.261 e. The van der Waals surface area contributed by atoms with Crippen molar-refractivity contribution in [2.45, 2.75) is 25.3 Å². The highest BCUT2D eigenvalue weighted by Gasteiger charge is 2.26. The Hall–Kier alpha value is -2.63. The summed E-state index contributed by atoms with van der Waals surface area (Å²) in [5.41, 5.74) is 2.53. The highest BCUT2D eigenvalue weighted by molar-refractivity contribution is 5.83. The summed E-state index contributed by atoms with van der Waals surface area (Å²) in [5, 5.41) is 7.88. The van der Waals surface area contributed by atoms with Crippen molar-refractivity contribution in [3.8, 4) is 5.75 Å². The summed E-state index contributed by atoms with van der Waals surface area (Å²) >= 11 is 0. The third kappa shape index (κ3) is 2.16. The number of aromatic amines is 1. The second kappa shape index (κ2) is 4.98. The minimum Gasteiger partial charge on any atom is -0.494 e. The molecule has 6 nitrogen and oxygen atoms in total. The van der Waals surface area contributed by atoms with Crippen molar-refractivity contribution < 1.29 is 4.74 Å². The molecule has 1 N–H and O–H groups in total. The molecule has 2 heterocycles. The highest BCUT2D eigenvalue weighted by Crippen LogP contribution is 2.39. The maximum absolute atomic E-state index is 12.6. The Morgan fingerprint density at radius 2 is 2.27 bits per heavy atom. The lowest BCUT2D eigenvalue weighted by Crippen LogP contribution is -2.21. The molecule has 0 unspecified atom stereocenters. The van der Waals surface area contributed by atoms with Crippen LogP contribution in [-0.4, -0.2) is 26.9 Å². The van der Waals surface area contributed by atoms with E-state index in [4.69, 9.17) is 4.74 Å². The Balaban J connectivity index is 1.72. The zero-order valence-electron chi connectivity index (χ0n) is 12.2. The SMILES string of the molecule is COc1cccc2c(=O)n(Cc3cc(C4CC4)n[nH]3)cnc12. The number of ether oxygens (including phenoxy) is 1. The van der Waals surface area contributed by atoms with E-state index in [1.165, 1.54) is 12.8 Å². The van der Waals surface area contributed by atoms with E-state index in [1.807, 2.05) is 6.07 Å². The molecule has 0 radical (unpaired) electrons. The number of para-hydroxylation sites is 1. The highest BCUT2D eigenvalue weighted by atomic mass is 16.5. The summed E-state index contributed by atoms with van der Waals surface area (Å²) in [5.74, 6) is 1.21. The zero-order valence-corrected chi connectivity index (χ0v) is 12.2. The predicted molar refractivity (Wildman–Crippen MR) is 82.2 cm³/mol. The van der Waals surface area contributed by atoms with E-state index in [1.54, 1.807) is 36.2 Å². The van der Waals surface area contributed by atoms with Crippen LogP contribution in [0.5, 0.6) is 5.75 Å². The van der Waals surface area contributed by atoms with Gasteiger partial charge >= 0.3 is 0 Å². The van der Waals surface area contributed by atoms with Crippen LogP contribution in [0, 0.1) is 0 Å². The number of benzene rings is 1. The van der Waals surface area contributed by atoms with Gasteiger partial charge in [0.25, 0.3) is 5.56 Å². The molecule has 0 amide bonds. The molecule has 2 aromatic heterocycles. The third-order valence-corrected chi connectivity index (χ3v) is 4.02. The number of fused-ring (bicyclic) bond motifs is 1. The number of hydrogen-bond acceptors (Lipinski definition) is 4. The molecule has 0 atom stereocenters. The van der Waals surface area contributed by atoms with Crippen LogP contribution < -0.4 is 10.3 Å². The van der Waals surface area contributed by atoms with E-state index in [9.17, 15) is 4.79 Å². The number of hydrogen-bond donors (Lipinski definition) is 1. The van der Waals surface area contributed by atoms with E-state index in [0.717, 1.165) is 11.4 Å². The fraction of sp³-hybridized carbons (Fsp3) is 0.312. The summed E-state index contributed by atoms with van der Waals surface area (Å²) in [6.45, 7) is 0.443. The van der Waals surface area contributed by atoms with Crippen LogP contribution in [-0.2, 0) is 6.54 Å². The quantitative estimate of drug-likeness (QED) is 0.799. The Bertz CT molecular complexity index is 893. The van der Waals surface area contributed by atoms with Gasteiger partial charge in [0, 0.05) is 5.92 Å². The molecule has 1 aliphatic rings. The minimum absolute atomic E-state index is 0.0773. The average Bonchev–Trinajstić information content (AvgIpc) is 3.29. The lowest BCUT2D eigenvalue weighted by atomic mass is 10.2. The lowest BCUT2D eigenvalue weighted by Gasteiger charge is -2.07. The van der Waals surface area contributed by atoms with Gasteiger partial charge in [0.05, 0.1) is 36.8 Å². The molecule has 4 rings (SSSR count). The molecule has 0 spiro atoms. The number of methoxy groups -OCH3 is 1. The van der Waals surface area contributed by atoms with Crippen LogP contribution in [0.4, 0.5) is 0 Å². The van der Waals surface area contributed by atoms with Crippen molar-refractivity contribution in [1.82, 2.24) is 19.7 Å². The molecule has 0 bridgehead atoms. The van der Waals surface area contributed by atoms with Gasteiger partial charge in [0.1, 0.15) is 11.3 Å². The third-order valence-electron chi connectivity index (χ3n) is 4.02. The van der Waals surface area contributed by atoms with E-state index >= 15 is 0 Å². The maximum atomic E-state index is 12.6. The lowest BCUT2D eigenvalue weighted by molar-refractivity contribution is 0.418. The van der Waals surface area contributed by atoms with Crippen molar-refractivity contribution in [3.05, 3.63) is 52.3 Å². The Kier molecular flexibility index (Phi) is 2.96. The van der Waals surface area contributed by atoms with Gasteiger partial charge in [0.15, 0.2) is 0 Å². The molecule has 0 aliphatic heterocycles. The van der Waals surface area contributed by atoms with Crippen molar-refractivity contribution in [1.29, 1.82) is 0 Å². The molecule has 1 aliphatic carbocycles. The topological polar surface area (TPSA) is 72.8 Å². The summed E-state index contributed by atoms with van der Waals surface area (Å²) in [6, 6.07) is 7.41. The molecule has 3 aromatic rings. The molecular weight excluding hydrogens is 280 g/mol. The minimum atomic E-state index is -0.0773. The van der Waals surface area contributed by atoms with Crippen molar-refractivity contribution >= 4 is 10.9 Å². The molecule has 1 saturated carbocycles. The normalized spacial score (nSPS) is 14.4. The summed E-state index contributed by atoms with van der Waals surface area (Å²) in [6.07, 6.45) is 3.98. The standard InChI is InChI=1S/C16H16N4O2/c1-22-14-4-2-3-12-15(14)17-9-20(16(12)21)8-11-7-13(19-18-11)10-5-6-10/h2-4,7,9-10H,5-6,8H2,1H3,(H,18,19). The van der Waals surface area contributed by atoms with Crippen LogP contribution >= 0.6 is 0 Å². The number of aromatic nitrogens is 4. The fourth-order valence-electron chi connectivity index (χ4n) is 2.67. The monoisotopic (exact) mass is 296 g/mol. The second-order valence-corrected chi connectivity index (χ2v) is 5.63. The first-order valence-electron chi connectivity index (χ1n) is 7.32. The van der Waals surface area contributed by atoms with Gasteiger partial charge in [0.2, 0.25) is 0 Å². The average molecular weight is 296 g/mol. The predicted octanol–water partition coefficient (Wildman–Crippen LogP) is 2.05. The zero-order chi connectivity index (χ0) is 15.1. The molecule has 22 heavy (non-hydrogen) atoms. The first-order chi connectivity index (χ1) is 10.8. The van der Waals surface area contributed by atoms with Crippen molar-refractivity contribution in [2.75, 3.05) is 7.11 Å². The molecule has 1 fully saturated rings. The Morgan fingerprint density at radius 1 is 1.41 bits per heavy atom. The Morgan fingerprint density at radius 3 is 3.05 bits per heavy atom. The Labute approximate surface area is 126 Å². The van der Waals surface area contributed by atoms with E-state index in [-0.39, 0.29) is 5.56 Å². The van der Waals surface area contributed by atoms with E-state index in [2.05, 4.69) is 15.2 Å². The van der Waals surface area contributed by atoms with Gasteiger partial charge in [-0.25, -0.2) is 4.98 Å². The maximum Gasteiger partial charge on any atom is 0.261 e. The summed E-state index contributed by atoms with van der Waals surface area (Å²) < 4.78 is 6.84. The summed E-state index contributed by atoms with van der Waals surface area (Å²) in [4.78, 5) is 17.0. The van der Waals surface area contributed by atoms with Gasteiger partial charge in [-0.3, -0.25) is 14.5 Å². The number of H-pyrrole nitrogens is 1. The van der Waals surface area contributed by atoms with Gasteiger partial charge in [-0.1, -0.05) is 6.07 Å². The van der Waals surface area contributed by atoms with Crippen LogP contribution in [0.3, 0.4) is 0 Å². The molecule has 6 heteroatoms. The van der Waals surface area contributed by atoms with Crippen molar-refractivity contribution in [3.63, 3.8) is 0 Å². The van der Waals surface area contributed by atoms with Gasteiger partial charge in [-0.05, 0) is 31.0 Å². The van der Waals surface area contributed by atoms with Gasteiger partial charge in [-0.2, -0.15) is 5.10 Å².